The fourth-order valence-electron chi connectivity index (χ4n) is 3.09. The number of nitrogens with two attached hydrogens (primary N) is 1. The van der Waals surface area contributed by atoms with Gasteiger partial charge in [0.1, 0.15) is 0 Å². The maximum Gasteiger partial charge on any atom is 0.254 e. The Morgan fingerprint density at radius 2 is 1.88 bits per heavy atom. The van der Waals surface area contributed by atoms with Gasteiger partial charge in [-0.15, -0.1) is 0 Å². The number of aromatic nitrogens is 1. The van der Waals surface area contributed by atoms with Crippen LogP contribution in [0.5, 0.6) is 0 Å². The van der Waals surface area contributed by atoms with Gasteiger partial charge in [-0.1, -0.05) is 43.7 Å². The van der Waals surface area contributed by atoms with E-state index in [4.69, 9.17) is 10.7 Å². The predicted molar refractivity (Wildman–Crippen MR) is 104 cm³/mol. The van der Waals surface area contributed by atoms with Gasteiger partial charge in [0.2, 0.25) is 0 Å². The molecule has 0 aliphatic rings. The van der Waals surface area contributed by atoms with E-state index in [1.54, 1.807) is 6.07 Å². The summed E-state index contributed by atoms with van der Waals surface area (Å²) in [6.07, 6.45) is 1.88. The van der Waals surface area contributed by atoms with Crippen LogP contribution in [0.15, 0.2) is 42.5 Å². The number of carbonyl (C=O) groups is 1. The van der Waals surface area contributed by atoms with Gasteiger partial charge >= 0.3 is 0 Å². The largest absolute Gasteiger partial charge is 0.398 e. The standard InChI is InChI=1S/C20H24N4O/c1-4-8-17(24(2)3)23-20(25)15-11-7-10-14-18(21)13-9-5-6-12-16(13)22-19(14)15/h5-7,9-12,17H,4,8H2,1-3H3,(H2,21,22)(H,23,25). The lowest BCUT2D eigenvalue weighted by molar-refractivity contribution is 0.0885. The zero-order chi connectivity index (χ0) is 18.0. The first-order valence-electron chi connectivity index (χ1n) is 8.57. The highest BCUT2D eigenvalue weighted by atomic mass is 16.1. The van der Waals surface area contributed by atoms with Crippen LogP contribution in [-0.2, 0) is 0 Å². The molecule has 3 rings (SSSR count). The third-order valence-electron chi connectivity index (χ3n) is 4.48. The van der Waals surface area contributed by atoms with Crippen molar-refractivity contribution < 1.29 is 4.79 Å². The van der Waals surface area contributed by atoms with Crippen molar-refractivity contribution in [3.63, 3.8) is 0 Å². The Hall–Kier alpha value is -2.66. The molecule has 0 aliphatic heterocycles. The Kier molecular flexibility index (Phi) is 4.86. The Labute approximate surface area is 147 Å². The molecule has 2 aromatic carbocycles. The van der Waals surface area contributed by atoms with Crippen LogP contribution >= 0.6 is 0 Å². The van der Waals surface area contributed by atoms with Gasteiger partial charge in [-0.2, -0.15) is 0 Å². The molecule has 0 radical (unpaired) electrons. The van der Waals surface area contributed by atoms with Gasteiger partial charge < -0.3 is 11.1 Å². The van der Waals surface area contributed by atoms with Crippen LogP contribution in [0.4, 0.5) is 5.69 Å². The summed E-state index contributed by atoms with van der Waals surface area (Å²) in [5.41, 5.74) is 9.00. The van der Waals surface area contributed by atoms with Crippen molar-refractivity contribution in [3.8, 4) is 0 Å². The summed E-state index contributed by atoms with van der Waals surface area (Å²) in [7, 11) is 3.93. The average molecular weight is 336 g/mol. The lowest BCUT2D eigenvalue weighted by atomic mass is 10.0. The first-order valence-corrected chi connectivity index (χ1v) is 8.57. The van der Waals surface area contributed by atoms with Crippen LogP contribution in [0.1, 0.15) is 30.1 Å². The SMILES string of the molecule is CCCC(NC(=O)c1cccc2c(N)c3ccccc3nc12)N(C)C. The second kappa shape index (κ2) is 7.07. The zero-order valence-corrected chi connectivity index (χ0v) is 14.9. The van der Waals surface area contributed by atoms with E-state index in [1.807, 2.05) is 55.4 Å². The molecular formula is C20H24N4O. The minimum absolute atomic E-state index is 0.00874. The van der Waals surface area contributed by atoms with E-state index in [-0.39, 0.29) is 12.1 Å². The molecule has 0 aliphatic carbocycles. The number of carbonyl (C=O) groups excluding carboxylic acids is 1. The van der Waals surface area contributed by atoms with E-state index >= 15 is 0 Å². The third kappa shape index (κ3) is 3.28. The van der Waals surface area contributed by atoms with Crippen molar-refractivity contribution in [2.75, 3.05) is 19.8 Å². The summed E-state index contributed by atoms with van der Waals surface area (Å²) in [5, 5.41) is 4.82. The van der Waals surface area contributed by atoms with Crippen LogP contribution in [0.2, 0.25) is 0 Å². The number of pyridine rings is 1. The minimum Gasteiger partial charge on any atom is -0.398 e. The normalized spacial score (nSPS) is 12.6. The molecule has 5 heteroatoms. The number of benzene rings is 2. The maximum atomic E-state index is 12.9. The predicted octanol–water partition coefficient (Wildman–Crippen LogP) is 3.39. The zero-order valence-electron chi connectivity index (χ0n) is 14.9. The van der Waals surface area contributed by atoms with E-state index in [0.29, 0.717) is 16.8 Å². The van der Waals surface area contributed by atoms with Crippen molar-refractivity contribution >= 4 is 33.4 Å². The van der Waals surface area contributed by atoms with Crippen LogP contribution in [0.25, 0.3) is 21.8 Å². The van der Waals surface area contributed by atoms with Crippen molar-refractivity contribution in [2.24, 2.45) is 0 Å². The molecule has 1 amide bonds. The molecule has 1 aromatic heterocycles. The van der Waals surface area contributed by atoms with E-state index in [2.05, 4.69) is 12.2 Å². The summed E-state index contributed by atoms with van der Waals surface area (Å²) < 4.78 is 0. The first kappa shape index (κ1) is 17.2. The second-order valence-electron chi connectivity index (χ2n) is 6.49. The molecule has 3 N–H and O–H groups in total. The lowest BCUT2D eigenvalue weighted by Gasteiger charge is -2.25. The number of anilines is 1. The summed E-state index contributed by atoms with van der Waals surface area (Å²) in [6, 6.07) is 13.3. The van der Waals surface area contributed by atoms with Crippen LogP contribution in [0.3, 0.4) is 0 Å². The van der Waals surface area contributed by atoms with Gasteiger partial charge in [0.05, 0.1) is 28.5 Å². The molecule has 0 bridgehead atoms. The van der Waals surface area contributed by atoms with Crippen LogP contribution < -0.4 is 11.1 Å². The van der Waals surface area contributed by atoms with Gasteiger partial charge in [-0.05, 0) is 32.6 Å². The minimum atomic E-state index is -0.125. The average Bonchev–Trinajstić information content (AvgIpc) is 2.61. The van der Waals surface area contributed by atoms with Crippen molar-refractivity contribution in [2.45, 2.75) is 25.9 Å². The number of amides is 1. The molecule has 1 heterocycles. The van der Waals surface area contributed by atoms with Gasteiger partial charge in [-0.3, -0.25) is 9.69 Å². The summed E-state index contributed by atoms with van der Waals surface area (Å²) in [4.78, 5) is 19.6. The highest BCUT2D eigenvalue weighted by Gasteiger charge is 2.18. The van der Waals surface area contributed by atoms with E-state index in [9.17, 15) is 4.79 Å². The van der Waals surface area contributed by atoms with E-state index in [0.717, 1.165) is 29.1 Å². The molecule has 0 saturated heterocycles. The molecule has 25 heavy (non-hydrogen) atoms. The quantitative estimate of drug-likeness (QED) is 0.553. The van der Waals surface area contributed by atoms with Crippen molar-refractivity contribution in [1.82, 2.24) is 15.2 Å². The fraction of sp³-hybridized carbons (Fsp3) is 0.300. The number of fused-ring (bicyclic) bond motifs is 2. The summed E-state index contributed by atoms with van der Waals surface area (Å²) in [5.74, 6) is -0.125. The maximum absolute atomic E-state index is 12.9. The third-order valence-corrected chi connectivity index (χ3v) is 4.48. The number of hydrogen-bond donors (Lipinski definition) is 2. The molecule has 1 atom stereocenters. The van der Waals surface area contributed by atoms with Gasteiger partial charge in [-0.25, -0.2) is 4.98 Å². The Morgan fingerprint density at radius 1 is 1.16 bits per heavy atom. The van der Waals surface area contributed by atoms with Gasteiger partial charge in [0.15, 0.2) is 0 Å². The molecule has 0 saturated carbocycles. The molecule has 5 nitrogen and oxygen atoms in total. The monoisotopic (exact) mass is 336 g/mol. The summed E-state index contributed by atoms with van der Waals surface area (Å²) in [6.45, 7) is 2.11. The molecular weight excluding hydrogens is 312 g/mol. The Morgan fingerprint density at radius 3 is 2.60 bits per heavy atom. The van der Waals surface area contributed by atoms with Crippen molar-refractivity contribution in [3.05, 3.63) is 48.0 Å². The Bertz CT molecular complexity index is 920. The van der Waals surface area contributed by atoms with E-state index < -0.39 is 0 Å². The van der Waals surface area contributed by atoms with E-state index in [1.165, 1.54) is 0 Å². The molecule has 0 spiro atoms. The highest BCUT2D eigenvalue weighted by Crippen LogP contribution is 2.29. The number of para-hydroxylation sites is 2. The van der Waals surface area contributed by atoms with Crippen molar-refractivity contribution in [1.29, 1.82) is 0 Å². The van der Waals surface area contributed by atoms with Crippen LogP contribution in [-0.4, -0.2) is 36.1 Å². The molecule has 130 valence electrons. The molecule has 0 fully saturated rings. The Balaban J connectivity index is 2.08. The first-order chi connectivity index (χ1) is 12.0. The number of nitrogens with zero attached hydrogens (tertiary/aromatic N) is 2. The topological polar surface area (TPSA) is 71.2 Å². The lowest BCUT2D eigenvalue weighted by Crippen LogP contribution is -2.44. The molecule has 1 unspecified atom stereocenters. The van der Waals surface area contributed by atoms with Crippen LogP contribution in [0, 0.1) is 0 Å². The number of nitrogen functional groups attached to an aromatic ring is 1. The number of rotatable bonds is 5. The second-order valence-corrected chi connectivity index (χ2v) is 6.49. The highest BCUT2D eigenvalue weighted by molar-refractivity contribution is 6.13. The smallest absolute Gasteiger partial charge is 0.254 e. The molecule has 3 aromatic rings. The number of nitrogens with one attached hydrogen (secondary N) is 1. The van der Waals surface area contributed by atoms with Gasteiger partial charge in [0, 0.05) is 10.8 Å². The van der Waals surface area contributed by atoms with Gasteiger partial charge in [0.25, 0.3) is 5.91 Å². The summed E-state index contributed by atoms with van der Waals surface area (Å²) >= 11 is 0. The number of hydrogen-bond acceptors (Lipinski definition) is 4. The fourth-order valence-corrected chi connectivity index (χ4v) is 3.09.